The number of nitrogens with zero attached hydrogens (tertiary/aromatic N) is 4. The number of aromatic nitrogens is 1. The molecule has 27 heavy (non-hydrogen) atoms. The first kappa shape index (κ1) is 18.7. The van der Waals surface area contributed by atoms with Crippen molar-refractivity contribution in [2.75, 3.05) is 31.1 Å². The second-order valence-corrected chi connectivity index (χ2v) is 6.89. The summed E-state index contributed by atoms with van der Waals surface area (Å²) in [5, 5.41) is 9.26. The smallest absolute Gasteiger partial charge is 0.264 e. The molecule has 1 atom stereocenters. The van der Waals surface area contributed by atoms with Gasteiger partial charge in [-0.15, -0.1) is 0 Å². The maximum atomic E-state index is 13.1. The molecule has 0 spiro atoms. The van der Waals surface area contributed by atoms with E-state index in [1.165, 1.54) is 0 Å². The highest BCUT2D eigenvalue weighted by Crippen LogP contribution is 2.22. The molecule has 0 N–H and O–H groups in total. The quantitative estimate of drug-likeness (QED) is 0.816. The molecular weight excluding hydrogens is 340 g/mol. The first-order valence-electron chi connectivity index (χ1n) is 9.20. The molecule has 2 heterocycles. The molecule has 6 heteroatoms. The number of pyridine rings is 1. The monoisotopic (exact) mass is 364 g/mol. The van der Waals surface area contributed by atoms with Gasteiger partial charge in [0.15, 0.2) is 6.10 Å². The van der Waals surface area contributed by atoms with E-state index in [-0.39, 0.29) is 11.8 Å². The van der Waals surface area contributed by atoms with E-state index in [1.807, 2.05) is 43.0 Å². The number of piperazine rings is 1. The summed E-state index contributed by atoms with van der Waals surface area (Å²) in [4.78, 5) is 21.5. The van der Waals surface area contributed by atoms with Gasteiger partial charge in [-0.05, 0) is 30.2 Å². The molecule has 0 saturated carbocycles. The zero-order chi connectivity index (χ0) is 19.2. The average molecular weight is 364 g/mol. The topological polar surface area (TPSA) is 69.5 Å². The third-order valence-electron chi connectivity index (χ3n) is 4.67. The minimum absolute atomic E-state index is 0.00179. The summed E-state index contributed by atoms with van der Waals surface area (Å²) in [5.41, 5.74) is 0.441. The zero-order valence-corrected chi connectivity index (χ0v) is 15.7. The van der Waals surface area contributed by atoms with E-state index in [0.717, 1.165) is 18.9 Å². The van der Waals surface area contributed by atoms with Crippen molar-refractivity contribution in [3.05, 3.63) is 54.2 Å². The van der Waals surface area contributed by atoms with Crippen LogP contribution < -0.4 is 9.64 Å². The minimum atomic E-state index is -0.610. The van der Waals surface area contributed by atoms with Gasteiger partial charge in [-0.25, -0.2) is 4.98 Å². The fourth-order valence-corrected chi connectivity index (χ4v) is 3.15. The van der Waals surface area contributed by atoms with E-state index in [1.54, 1.807) is 24.4 Å². The lowest BCUT2D eigenvalue weighted by atomic mass is 10.0. The van der Waals surface area contributed by atoms with Crippen LogP contribution in [-0.4, -0.2) is 48.1 Å². The third-order valence-corrected chi connectivity index (χ3v) is 4.67. The molecule has 0 aliphatic carbocycles. The van der Waals surface area contributed by atoms with Crippen LogP contribution in [0, 0.1) is 17.2 Å². The molecule has 140 valence electrons. The Kier molecular flexibility index (Phi) is 5.92. The van der Waals surface area contributed by atoms with Crippen LogP contribution in [0.25, 0.3) is 0 Å². The largest absolute Gasteiger partial charge is 0.479 e. The average Bonchev–Trinajstić information content (AvgIpc) is 2.72. The zero-order valence-electron chi connectivity index (χ0n) is 15.7. The standard InChI is InChI=1S/C21H24N4O2/c1-16(2)20(27-18-8-4-3-7-17(18)15-22)21(26)25-13-11-24(12-14-25)19-9-5-6-10-23-19/h3-10,16,20H,11-14H2,1-2H3. The number of anilines is 1. The van der Waals surface area contributed by atoms with Crippen molar-refractivity contribution in [1.82, 2.24) is 9.88 Å². The van der Waals surface area contributed by atoms with Gasteiger partial charge in [0.1, 0.15) is 17.6 Å². The first-order chi connectivity index (χ1) is 13.1. The summed E-state index contributed by atoms with van der Waals surface area (Å²) in [6.07, 6.45) is 1.17. The number of ether oxygens (including phenoxy) is 1. The Hall–Kier alpha value is -3.07. The van der Waals surface area contributed by atoms with Crippen LogP contribution in [0.15, 0.2) is 48.7 Å². The van der Waals surface area contributed by atoms with Crippen molar-refractivity contribution in [2.45, 2.75) is 20.0 Å². The molecule has 1 aromatic carbocycles. The predicted molar refractivity (Wildman–Crippen MR) is 103 cm³/mol. The third kappa shape index (κ3) is 4.37. The van der Waals surface area contributed by atoms with Crippen LogP contribution in [-0.2, 0) is 4.79 Å². The SMILES string of the molecule is CC(C)C(Oc1ccccc1C#N)C(=O)N1CCN(c2ccccn2)CC1. The minimum Gasteiger partial charge on any atom is -0.479 e. The van der Waals surface area contributed by atoms with Gasteiger partial charge in [-0.3, -0.25) is 4.79 Å². The Morgan fingerprint density at radius 1 is 1.11 bits per heavy atom. The number of benzene rings is 1. The first-order valence-corrected chi connectivity index (χ1v) is 9.20. The van der Waals surface area contributed by atoms with Gasteiger partial charge in [-0.1, -0.05) is 32.0 Å². The van der Waals surface area contributed by atoms with Crippen molar-refractivity contribution in [3.8, 4) is 11.8 Å². The number of amides is 1. The van der Waals surface area contributed by atoms with Crippen LogP contribution >= 0.6 is 0 Å². The lowest BCUT2D eigenvalue weighted by Gasteiger charge is -2.37. The van der Waals surface area contributed by atoms with Crippen LogP contribution in [0.5, 0.6) is 5.75 Å². The van der Waals surface area contributed by atoms with Gasteiger partial charge in [0.25, 0.3) is 5.91 Å². The van der Waals surface area contributed by atoms with Gasteiger partial charge >= 0.3 is 0 Å². The van der Waals surface area contributed by atoms with E-state index in [2.05, 4.69) is 16.0 Å². The van der Waals surface area contributed by atoms with Crippen LogP contribution in [0.4, 0.5) is 5.82 Å². The molecule has 2 aromatic rings. The Morgan fingerprint density at radius 3 is 2.44 bits per heavy atom. The second kappa shape index (κ2) is 8.54. The maximum Gasteiger partial charge on any atom is 0.264 e. The molecule has 1 unspecified atom stereocenters. The van der Waals surface area contributed by atoms with E-state index in [0.29, 0.717) is 24.4 Å². The molecular formula is C21H24N4O2. The fraction of sp³-hybridized carbons (Fsp3) is 0.381. The van der Waals surface area contributed by atoms with E-state index >= 15 is 0 Å². The lowest BCUT2D eigenvalue weighted by molar-refractivity contribution is -0.141. The van der Waals surface area contributed by atoms with Gasteiger partial charge < -0.3 is 14.5 Å². The van der Waals surface area contributed by atoms with Crippen molar-refractivity contribution < 1.29 is 9.53 Å². The highest BCUT2D eigenvalue weighted by molar-refractivity contribution is 5.82. The normalized spacial score (nSPS) is 15.3. The Labute approximate surface area is 160 Å². The number of hydrogen-bond acceptors (Lipinski definition) is 5. The molecule has 1 saturated heterocycles. The van der Waals surface area contributed by atoms with E-state index in [9.17, 15) is 10.1 Å². The molecule has 1 fully saturated rings. The molecule has 0 radical (unpaired) electrons. The molecule has 6 nitrogen and oxygen atoms in total. The fourth-order valence-electron chi connectivity index (χ4n) is 3.15. The highest BCUT2D eigenvalue weighted by Gasteiger charge is 2.31. The highest BCUT2D eigenvalue weighted by atomic mass is 16.5. The second-order valence-electron chi connectivity index (χ2n) is 6.89. The molecule has 0 bridgehead atoms. The summed E-state index contributed by atoms with van der Waals surface area (Å²) >= 11 is 0. The molecule has 3 rings (SSSR count). The molecule has 1 aliphatic rings. The predicted octanol–water partition coefficient (Wildman–Crippen LogP) is 2.71. The summed E-state index contributed by atoms with van der Waals surface area (Å²) in [5.74, 6) is 1.36. The van der Waals surface area contributed by atoms with Gasteiger partial charge in [0.2, 0.25) is 0 Å². The van der Waals surface area contributed by atoms with Crippen molar-refractivity contribution in [3.63, 3.8) is 0 Å². The van der Waals surface area contributed by atoms with Gasteiger partial charge in [0.05, 0.1) is 5.56 Å². The molecule has 1 aliphatic heterocycles. The summed E-state index contributed by atoms with van der Waals surface area (Å²) in [6.45, 7) is 6.65. The van der Waals surface area contributed by atoms with E-state index in [4.69, 9.17) is 4.74 Å². The summed E-state index contributed by atoms with van der Waals surface area (Å²) in [6, 6.07) is 15.0. The summed E-state index contributed by atoms with van der Waals surface area (Å²) in [7, 11) is 0. The number of para-hydroxylation sites is 1. The van der Waals surface area contributed by atoms with Crippen LogP contribution in [0.2, 0.25) is 0 Å². The van der Waals surface area contributed by atoms with Crippen molar-refractivity contribution in [1.29, 1.82) is 5.26 Å². The lowest BCUT2D eigenvalue weighted by Crippen LogP contribution is -2.53. The van der Waals surface area contributed by atoms with Crippen LogP contribution in [0.3, 0.4) is 0 Å². The Balaban J connectivity index is 1.67. The molecule has 1 amide bonds. The molecule has 1 aromatic heterocycles. The summed E-state index contributed by atoms with van der Waals surface area (Å²) < 4.78 is 5.98. The number of carbonyl (C=O) groups excluding carboxylic acids is 1. The van der Waals surface area contributed by atoms with Crippen LogP contribution in [0.1, 0.15) is 19.4 Å². The van der Waals surface area contributed by atoms with E-state index < -0.39 is 6.10 Å². The van der Waals surface area contributed by atoms with Crippen molar-refractivity contribution in [2.24, 2.45) is 5.92 Å². The Bertz CT molecular complexity index is 808. The van der Waals surface area contributed by atoms with Crippen molar-refractivity contribution >= 4 is 11.7 Å². The Morgan fingerprint density at radius 2 is 1.81 bits per heavy atom. The maximum absolute atomic E-state index is 13.1. The number of nitriles is 1. The number of hydrogen-bond donors (Lipinski definition) is 0. The number of rotatable bonds is 5. The van der Waals surface area contributed by atoms with Gasteiger partial charge in [0, 0.05) is 32.4 Å². The number of carbonyl (C=O) groups is 1. The van der Waals surface area contributed by atoms with Gasteiger partial charge in [-0.2, -0.15) is 5.26 Å².